The van der Waals surface area contributed by atoms with E-state index < -0.39 is 29.5 Å². The second-order valence-corrected chi connectivity index (χ2v) is 24.5. The van der Waals surface area contributed by atoms with Crippen LogP contribution >= 0.6 is 34.4 Å². The molecule has 5 heterocycles. The van der Waals surface area contributed by atoms with Crippen LogP contribution in [0.3, 0.4) is 0 Å². The molecule has 3 fully saturated rings. The van der Waals surface area contributed by atoms with Gasteiger partial charge in [-0.25, -0.2) is 9.97 Å². The SMILES string of the molecule is COc1cc(C)c(Sc2cnc(NC(=O)c3ccc(N4CCN(CCOCCC(=O)N[C@H](C(=O)N5C[C@H](O)C[C@H]5C(=O)N[C@@H](C)c5ccc(-c6scnc6C)cc5)C(C)(C)C)CC4)cc3)s2)cc1C(=O)N1CCN(C(C)=O)CC1. The summed E-state index contributed by atoms with van der Waals surface area (Å²) in [6.07, 6.45) is 0.980. The first kappa shape index (κ1) is 58.7. The van der Waals surface area contributed by atoms with E-state index in [2.05, 4.69) is 35.7 Å². The third-order valence-corrected chi connectivity index (χ3v) is 17.8. The Morgan fingerprint density at radius 3 is 2.22 bits per heavy atom. The number of hydrogen-bond acceptors (Lipinski definition) is 16. The van der Waals surface area contributed by atoms with Gasteiger partial charge in [-0.3, -0.25) is 39.0 Å². The van der Waals surface area contributed by atoms with Crippen molar-refractivity contribution in [1.29, 1.82) is 0 Å². The number of carbonyl (C=O) groups is 6. The number of likely N-dealkylation sites (tertiary alicyclic amines) is 1. The molecule has 22 heteroatoms. The Balaban J connectivity index is 0.739. The molecule has 0 radical (unpaired) electrons. The fourth-order valence-corrected chi connectivity index (χ4v) is 12.7. The van der Waals surface area contributed by atoms with Gasteiger partial charge in [0.15, 0.2) is 5.13 Å². The molecule has 4 N–H and O–H groups in total. The van der Waals surface area contributed by atoms with E-state index in [1.807, 2.05) is 108 Å². The average Bonchev–Trinajstić information content (AvgIpc) is 4.21. The van der Waals surface area contributed by atoms with Gasteiger partial charge in [0, 0.05) is 101 Å². The summed E-state index contributed by atoms with van der Waals surface area (Å²) >= 11 is 4.38. The second kappa shape index (κ2) is 26.2. The molecular formula is C57H72N10O9S3. The average molecular weight is 1140 g/mol. The summed E-state index contributed by atoms with van der Waals surface area (Å²) in [5.74, 6) is -1.05. The van der Waals surface area contributed by atoms with Crippen LogP contribution in [-0.4, -0.2) is 174 Å². The lowest BCUT2D eigenvalue weighted by Gasteiger charge is -2.36. The number of hydrogen-bond donors (Lipinski definition) is 4. The van der Waals surface area contributed by atoms with E-state index in [1.165, 1.54) is 34.9 Å². The van der Waals surface area contributed by atoms with Crippen molar-refractivity contribution >= 4 is 80.7 Å². The number of ether oxygens (including phenoxy) is 2. The number of thiazole rings is 2. The molecule has 5 aromatic rings. The van der Waals surface area contributed by atoms with E-state index in [0.717, 1.165) is 68.2 Å². The Hall–Kier alpha value is -6.43. The number of methoxy groups -OCH3 is 1. The second-order valence-electron chi connectivity index (χ2n) is 21.3. The normalized spacial score (nSPS) is 17.8. The number of aliphatic hydroxyl groups is 1. The predicted octanol–water partition coefficient (Wildman–Crippen LogP) is 6.50. The Kier molecular flexibility index (Phi) is 19.5. The number of nitrogens with zero attached hydrogens (tertiary/aromatic N) is 7. The molecule has 3 aliphatic heterocycles. The molecule has 8 rings (SSSR count). The minimum atomic E-state index is -0.935. The number of benzene rings is 3. The van der Waals surface area contributed by atoms with Crippen LogP contribution in [0.2, 0.25) is 0 Å². The highest BCUT2D eigenvalue weighted by Gasteiger charge is 2.45. The molecule has 79 heavy (non-hydrogen) atoms. The molecule has 422 valence electrons. The van der Waals surface area contributed by atoms with Crippen LogP contribution in [0, 0.1) is 19.3 Å². The molecule has 6 amide bonds. The number of aromatic nitrogens is 2. The van der Waals surface area contributed by atoms with Gasteiger partial charge in [0.1, 0.15) is 17.8 Å². The van der Waals surface area contributed by atoms with Gasteiger partial charge in [0.25, 0.3) is 11.8 Å². The minimum Gasteiger partial charge on any atom is -0.496 e. The van der Waals surface area contributed by atoms with E-state index >= 15 is 0 Å². The Morgan fingerprint density at radius 2 is 1.57 bits per heavy atom. The number of anilines is 2. The lowest BCUT2D eigenvalue weighted by molar-refractivity contribution is -0.144. The van der Waals surface area contributed by atoms with Gasteiger partial charge in [-0.15, -0.1) is 11.3 Å². The van der Waals surface area contributed by atoms with Crippen LogP contribution in [0.5, 0.6) is 5.75 Å². The standard InChI is InChI=1S/C57H72N10O9S3/c1-35-29-46(75-8)44(54(73)66-24-22-64(23-25-66)38(4)68)31-47(35)78-49-32-58-56(79-49)62-52(71)41-13-15-42(16-14-41)65-20-18-63(19-21-65)26-28-76-27-17-48(70)61-51(57(5,6)7)55(74)67-33-43(69)30-45(67)53(72)60-36(2)39-9-11-40(12-10-39)50-37(3)59-34-77-50/h9-16,29,31-32,34,36,43,45,51,69H,17-28,30,33H2,1-8H3,(H,60,72)(H,61,70)(H,58,62,71)/t36-,43+,45-,51+/m0/s1. The van der Waals surface area contributed by atoms with Gasteiger partial charge in [-0.05, 0) is 79.3 Å². The summed E-state index contributed by atoms with van der Waals surface area (Å²) in [6.45, 7) is 19.3. The van der Waals surface area contributed by atoms with Crippen molar-refractivity contribution in [3.63, 3.8) is 0 Å². The van der Waals surface area contributed by atoms with Crippen molar-refractivity contribution < 1.29 is 43.3 Å². The largest absolute Gasteiger partial charge is 0.496 e. The van der Waals surface area contributed by atoms with Crippen LogP contribution in [0.25, 0.3) is 10.4 Å². The molecule has 0 saturated carbocycles. The van der Waals surface area contributed by atoms with Gasteiger partial charge < -0.3 is 44.8 Å². The van der Waals surface area contributed by atoms with E-state index in [1.54, 1.807) is 34.4 Å². The summed E-state index contributed by atoms with van der Waals surface area (Å²) in [4.78, 5) is 100. The van der Waals surface area contributed by atoms with Crippen LogP contribution in [0.15, 0.2) is 81.5 Å². The van der Waals surface area contributed by atoms with Crippen LogP contribution < -0.4 is 25.6 Å². The highest BCUT2D eigenvalue weighted by Crippen LogP contribution is 2.39. The van der Waals surface area contributed by atoms with Crippen molar-refractivity contribution in [2.75, 3.05) is 96.0 Å². The minimum absolute atomic E-state index is 0.00134. The Bertz CT molecular complexity index is 2970. The van der Waals surface area contributed by atoms with Gasteiger partial charge in [0.2, 0.25) is 23.6 Å². The number of β-amino-alcohol motifs (C(OH)–C–C–N with tert-alkyl or cyclic N) is 1. The van der Waals surface area contributed by atoms with Crippen LogP contribution in [0.4, 0.5) is 10.8 Å². The van der Waals surface area contributed by atoms with E-state index in [-0.39, 0.29) is 61.6 Å². The summed E-state index contributed by atoms with van der Waals surface area (Å²) in [6, 6.07) is 17.0. The van der Waals surface area contributed by atoms with Crippen LogP contribution in [-0.2, 0) is 23.9 Å². The lowest BCUT2D eigenvalue weighted by Crippen LogP contribution is -2.58. The number of carbonyl (C=O) groups excluding carboxylic acids is 6. The predicted molar refractivity (Wildman–Crippen MR) is 307 cm³/mol. The zero-order valence-corrected chi connectivity index (χ0v) is 48.7. The third-order valence-electron chi connectivity index (χ3n) is 14.6. The van der Waals surface area contributed by atoms with Crippen molar-refractivity contribution in [1.82, 2.24) is 40.2 Å². The highest BCUT2D eigenvalue weighted by atomic mass is 32.2. The topological polar surface area (TPSA) is 219 Å². The highest BCUT2D eigenvalue weighted by molar-refractivity contribution is 8.01. The third kappa shape index (κ3) is 14.9. The molecule has 0 aliphatic carbocycles. The van der Waals surface area contributed by atoms with Crippen LogP contribution in [0.1, 0.15) is 91.0 Å². The zero-order chi connectivity index (χ0) is 56.5. The summed E-state index contributed by atoms with van der Waals surface area (Å²) < 4.78 is 12.3. The molecule has 2 aromatic heterocycles. The van der Waals surface area contributed by atoms with E-state index in [0.29, 0.717) is 61.3 Å². The smallest absolute Gasteiger partial charge is 0.257 e. The maximum absolute atomic E-state index is 14.2. The van der Waals surface area contributed by atoms with Crippen molar-refractivity contribution in [2.24, 2.45) is 5.41 Å². The Morgan fingerprint density at radius 1 is 0.873 bits per heavy atom. The summed E-state index contributed by atoms with van der Waals surface area (Å²) in [5, 5.41) is 20.0. The first-order chi connectivity index (χ1) is 37.8. The molecule has 3 aliphatic rings. The lowest BCUT2D eigenvalue weighted by atomic mass is 9.85. The monoisotopic (exact) mass is 1140 g/mol. The molecular weight excluding hydrogens is 1060 g/mol. The fraction of sp³-hybridized carbons (Fsp3) is 0.474. The van der Waals surface area contributed by atoms with Crippen molar-refractivity contribution in [2.45, 2.75) is 94.6 Å². The quantitative estimate of drug-likeness (QED) is 0.0650. The first-order valence-electron chi connectivity index (χ1n) is 26.7. The molecule has 4 atom stereocenters. The molecule has 0 spiro atoms. The van der Waals surface area contributed by atoms with Crippen molar-refractivity contribution in [3.8, 4) is 16.2 Å². The maximum atomic E-state index is 14.2. The molecule has 3 aromatic carbocycles. The van der Waals surface area contributed by atoms with Crippen molar-refractivity contribution in [3.05, 3.63) is 100 Å². The summed E-state index contributed by atoms with van der Waals surface area (Å²) in [7, 11) is 1.55. The first-order valence-corrected chi connectivity index (χ1v) is 29.2. The molecule has 0 unspecified atom stereocenters. The Labute approximate surface area is 474 Å². The number of aliphatic hydroxyl groups excluding tert-OH is 1. The molecule has 19 nitrogen and oxygen atoms in total. The van der Waals surface area contributed by atoms with E-state index in [4.69, 9.17) is 9.47 Å². The number of nitrogens with one attached hydrogen (secondary N) is 3. The fourth-order valence-electron chi connectivity index (χ4n) is 9.91. The number of rotatable bonds is 19. The number of piperazine rings is 2. The van der Waals surface area contributed by atoms with Gasteiger partial charge in [-0.1, -0.05) is 68.1 Å². The number of aryl methyl sites for hydroxylation is 2. The maximum Gasteiger partial charge on any atom is 0.257 e. The van der Waals surface area contributed by atoms with Gasteiger partial charge in [-0.2, -0.15) is 0 Å². The summed E-state index contributed by atoms with van der Waals surface area (Å²) in [5.41, 5.74) is 6.94. The zero-order valence-electron chi connectivity index (χ0n) is 46.2. The number of amides is 6. The van der Waals surface area contributed by atoms with Gasteiger partial charge >= 0.3 is 0 Å². The molecule has 0 bridgehead atoms. The van der Waals surface area contributed by atoms with E-state index in [9.17, 15) is 33.9 Å². The molecule has 3 saturated heterocycles. The van der Waals surface area contributed by atoms with Gasteiger partial charge in [0.05, 0.1) is 64.5 Å².